The van der Waals surface area contributed by atoms with Crippen molar-refractivity contribution in [2.45, 2.75) is 0 Å². The van der Waals surface area contributed by atoms with E-state index in [-0.39, 0.29) is 0 Å². The van der Waals surface area contributed by atoms with Crippen LogP contribution in [0.1, 0.15) is 0 Å². The lowest BCUT2D eigenvalue weighted by Crippen LogP contribution is -1.97. The summed E-state index contributed by atoms with van der Waals surface area (Å²) >= 11 is 0. The van der Waals surface area contributed by atoms with Crippen LogP contribution in [0.25, 0.3) is 99.5 Å². The number of nitrogens with zero attached hydrogens (tertiary/aromatic N) is 2. The summed E-state index contributed by atoms with van der Waals surface area (Å²) in [5.74, 6) is 0. The third kappa shape index (κ3) is 5.19. The molecule has 2 aromatic heterocycles. The third-order valence-electron chi connectivity index (χ3n) is 11.3. The van der Waals surface area contributed by atoms with Crippen LogP contribution in [0.5, 0.6) is 0 Å². The summed E-state index contributed by atoms with van der Waals surface area (Å²) in [7, 11) is 0. The minimum absolute atomic E-state index is 1.15. The third-order valence-corrected chi connectivity index (χ3v) is 11.3. The largest absolute Gasteiger partial charge is 0.309 e. The smallest absolute Gasteiger partial charge is 0.0547 e. The summed E-state index contributed by atoms with van der Waals surface area (Å²) in [5, 5.41) is 4.99. The predicted molar refractivity (Wildman–Crippen MR) is 237 cm³/mol. The fourth-order valence-electron chi connectivity index (χ4n) is 8.76. The van der Waals surface area contributed by atoms with Crippen molar-refractivity contribution in [3.63, 3.8) is 0 Å². The van der Waals surface area contributed by atoms with E-state index in [0.29, 0.717) is 0 Å². The molecule has 0 unspecified atom stereocenters. The van der Waals surface area contributed by atoms with Crippen LogP contribution in [0.3, 0.4) is 0 Å². The Hall–Kier alpha value is -7.42. The molecule has 9 aromatic carbocycles. The van der Waals surface area contributed by atoms with Crippen LogP contribution in [-0.4, -0.2) is 9.13 Å². The van der Waals surface area contributed by atoms with Crippen LogP contribution in [0.2, 0.25) is 0 Å². The van der Waals surface area contributed by atoms with Gasteiger partial charge in [-0.1, -0.05) is 164 Å². The highest BCUT2D eigenvalue weighted by atomic mass is 15.0. The number of hydrogen-bond acceptors (Lipinski definition) is 0. The molecule has 2 heterocycles. The topological polar surface area (TPSA) is 9.86 Å². The van der Waals surface area contributed by atoms with Crippen LogP contribution < -0.4 is 0 Å². The van der Waals surface area contributed by atoms with Crippen LogP contribution in [0, 0.1) is 0 Å². The van der Waals surface area contributed by atoms with Crippen LogP contribution in [-0.2, 0) is 0 Å². The maximum atomic E-state index is 2.46. The van der Waals surface area contributed by atoms with Gasteiger partial charge in [0.05, 0.1) is 27.8 Å². The van der Waals surface area contributed by atoms with Gasteiger partial charge in [-0.25, -0.2) is 0 Å². The lowest BCUT2D eigenvalue weighted by molar-refractivity contribution is 1.18. The zero-order valence-corrected chi connectivity index (χ0v) is 30.7. The maximum Gasteiger partial charge on any atom is 0.0547 e. The van der Waals surface area contributed by atoms with Crippen molar-refractivity contribution in [2.24, 2.45) is 0 Å². The van der Waals surface area contributed by atoms with Gasteiger partial charge in [0.15, 0.2) is 0 Å². The SMILES string of the molecule is c1ccc(-c2ccc(-n3c4ccccc4c4cc(-c5ccc6c(c5)c5c(-c7ccccc7)cccc5n6-c5ccccc5-c5ccccc5)ccc43)cc2)cc1. The van der Waals surface area contributed by atoms with Crippen molar-refractivity contribution >= 4 is 43.6 Å². The summed E-state index contributed by atoms with van der Waals surface area (Å²) in [4.78, 5) is 0. The van der Waals surface area contributed by atoms with Crippen molar-refractivity contribution in [3.05, 3.63) is 218 Å². The van der Waals surface area contributed by atoms with E-state index in [9.17, 15) is 0 Å². The van der Waals surface area contributed by atoms with Gasteiger partial charge in [-0.05, 0) is 93.5 Å². The zero-order chi connectivity index (χ0) is 37.0. The standard InChI is InChI=1S/C54H36N2/c1-4-15-37(16-5-1)38-27-31-43(32-28-38)55-50-25-13-11-22-46(50)47-35-41(29-33-51(47)55)42-30-34-52-48(36-42)54-45(40-19-8-3-9-20-40)23-14-26-53(54)56(52)49-24-12-10-21-44(49)39-17-6-2-7-18-39/h1-36H. The lowest BCUT2D eigenvalue weighted by atomic mass is 9.97. The molecule has 2 nitrogen and oxygen atoms in total. The fourth-order valence-corrected chi connectivity index (χ4v) is 8.76. The number of para-hydroxylation sites is 2. The van der Waals surface area contributed by atoms with Crippen molar-refractivity contribution < 1.29 is 0 Å². The highest BCUT2D eigenvalue weighted by molar-refractivity contribution is 6.17. The first-order valence-electron chi connectivity index (χ1n) is 19.3. The van der Waals surface area contributed by atoms with Gasteiger partial charge < -0.3 is 9.13 Å². The molecule has 11 aromatic rings. The Balaban J connectivity index is 1.11. The minimum Gasteiger partial charge on any atom is -0.309 e. The van der Waals surface area contributed by atoms with Gasteiger partial charge in [0.1, 0.15) is 0 Å². The molecule has 0 saturated heterocycles. The summed E-state index contributed by atoms with van der Waals surface area (Å²) < 4.78 is 4.86. The molecule has 0 aliphatic rings. The second kappa shape index (κ2) is 13.2. The van der Waals surface area contributed by atoms with E-state index in [2.05, 4.69) is 228 Å². The summed E-state index contributed by atoms with van der Waals surface area (Å²) in [6.07, 6.45) is 0. The average Bonchev–Trinajstić information content (AvgIpc) is 3.79. The summed E-state index contributed by atoms with van der Waals surface area (Å²) in [6, 6.07) is 79.4. The quantitative estimate of drug-likeness (QED) is 0.162. The molecule has 0 spiro atoms. The maximum absolute atomic E-state index is 2.46. The van der Waals surface area contributed by atoms with E-state index in [4.69, 9.17) is 0 Å². The zero-order valence-electron chi connectivity index (χ0n) is 30.7. The minimum atomic E-state index is 1.15. The highest BCUT2D eigenvalue weighted by Crippen LogP contribution is 2.43. The van der Waals surface area contributed by atoms with Gasteiger partial charge in [-0.3, -0.25) is 0 Å². The second-order valence-electron chi connectivity index (χ2n) is 14.5. The molecule has 262 valence electrons. The molecule has 0 saturated carbocycles. The Morgan fingerprint density at radius 1 is 0.250 bits per heavy atom. The van der Waals surface area contributed by atoms with Gasteiger partial charge in [-0.2, -0.15) is 0 Å². The van der Waals surface area contributed by atoms with Gasteiger partial charge in [-0.15, -0.1) is 0 Å². The van der Waals surface area contributed by atoms with Gasteiger partial charge in [0, 0.05) is 32.8 Å². The Morgan fingerprint density at radius 2 is 0.732 bits per heavy atom. The molecule has 0 aliphatic carbocycles. The Morgan fingerprint density at radius 3 is 1.45 bits per heavy atom. The van der Waals surface area contributed by atoms with Crippen LogP contribution in [0.4, 0.5) is 0 Å². The molecule has 0 radical (unpaired) electrons. The molecule has 0 fully saturated rings. The van der Waals surface area contributed by atoms with Crippen molar-refractivity contribution in [1.29, 1.82) is 0 Å². The second-order valence-corrected chi connectivity index (χ2v) is 14.5. The Kier molecular flexibility index (Phi) is 7.53. The van der Waals surface area contributed by atoms with Gasteiger partial charge >= 0.3 is 0 Å². The average molecular weight is 713 g/mol. The Labute approximate surface area is 325 Å². The fraction of sp³-hybridized carbons (Fsp3) is 0. The molecule has 56 heavy (non-hydrogen) atoms. The van der Waals surface area contributed by atoms with E-state index in [0.717, 1.165) is 5.69 Å². The van der Waals surface area contributed by atoms with E-state index in [1.807, 2.05) is 0 Å². The first-order chi connectivity index (χ1) is 27.8. The number of benzene rings is 9. The van der Waals surface area contributed by atoms with Crippen molar-refractivity contribution in [2.75, 3.05) is 0 Å². The Bertz CT molecular complexity index is 3210. The van der Waals surface area contributed by atoms with Crippen molar-refractivity contribution in [1.82, 2.24) is 9.13 Å². The first-order valence-corrected chi connectivity index (χ1v) is 19.3. The van der Waals surface area contributed by atoms with E-state index < -0.39 is 0 Å². The molecular weight excluding hydrogens is 677 g/mol. The monoisotopic (exact) mass is 712 g/mol. The van der Waals surface area contributed by atoms with Crippen LogP contribution in [0.15, 0.2) is 218 Å². The van der Waals surface area contributed by atoms with E-state index >= 15 is 0 Å². The number of rotatable bonds is 6. The number of hydrogen-bond donors (Lipinski definition) is 0. The number of fused-ring (bicyclic) bond motifs is 6. The molecule has 0 amide bonds. The van der Waals surface area contributed by atoms with Crippen molar-refractivity contribution in [3.8, 4) is 55.9 Å². The normalized spacial score (nSPS) is 11.6. The number of aromatic nitrogens is 2. The molecule has 0 bridgehead atoms. The molecule has 11 rings (SSSR count). The predicted octanol–water partition coefficient (Wildman–Crippen LogP) is 14.5. The van der Waals surface area contributed by atoms with E-state index in [1.165, 1.54) is 93.8 Å². The lowest BCUT2D eigenvalue weighted by Gasteiger charge is -2.14. The van der Waals surface area contributed by atoms with E-state index in [1.54, 1.807) is 0 Å². The summed E-state index contributed by atoms with van der Waals surface area (Å²) in [5.41, 5.74) is 16.8. The molecule has 0 N–H and O–H groups in total. The summed E-state index contributed by atoms with van der Waals surface area (Å²) in [6.45, 7) is 0. The first kappa shape index (κ1) is 32.0. The molecule has 0 atom stereocenters. The molecule has 0 aliphatic heterocycles. The van der Waals surface area contributed by atoms with Gasteiger partial charge in [0.25, 0.3) is 0 Å². The van der Waals surface area contributed by atoms with Crippen LogP contribution >= 0.6 is 0 Å². The molecule has 2 heteroatoms. The highest BCUT2D eigenvalue weighted by Gasteiger charge is 2.20. The van der Waals surface area contributed by atoms with Gasteiger partial charge in [0.2, 0.25) is 0 Å². The molecular formula is C54H36N2.